The Morgan fingerprint density at radius 1 is 1.23 bits per heavy atom. The highest BCUT2D eigenvalue weighted by atomic mass is 32.2. The van der Waals surface area contributed by atoms with Crippen LogP contribution in [0.1, 0.15) is 30.1 Å². The molecule has 4 rings (SSSR count). The van der Waals surface area contributed by atoms with Gasteiger partial charge in [0.15, 0.2) is 5.65 Å². The molecule has 3 heterocycles. The molecule has 22 heavy (non-hydrogen) atoms. The second-order valence-electron chi connectivity index (χ2n) is 5.90. The Morgan fingerprint density at radius 3 is 3.00 bits per heavy atom. The van der Waals surface area contributed by atoms with Crippen LogP contribution in [-0.2, 0) is 0 Å². The number of nitrogens with zero attached hydrogens (tertiary/aromatic N) is 3. The number of hydrogen-bond donors (Lipinski definition) is 0. The molecule has 0 amide bonds. The fourth-order valence-electron chi connectivity index (χ4n) is 3.17. The number of fused-ring (bicyclic) bond motifs is 1. The number of benzene rings is 1. The molecule has 1 aromatic carbocycles. The summed E-state index contributed by atoms with van der Waals surface area (Å²) in [5.74, 6) is 4.13. The monoisotopic (exact) mass is 309 g/mol. The molecule has 4 heteroatoms. The molecule has 1 saturated heterocycles. The van der Waals surface area contributed by atoms with Crippen LogP contribution in [0, 0.1) is 6.92 Å². The first-order valence-corrected chi connectivity index (χ1v) is 8.96. The lowest BCUT2D eigenvalue weighted by Gasteiger charge is -2.22. The highest BCUT2D eigenvalue weighted by Gasteiger charge is 2.23. The van der Waals surface area contributed by atoms with Gasteiger partial charge in [-0.05, 0) is 55.3 Å². The lowest BCUT2D eigenvalue weighted by atomic mass is 10.0. The average molecular weight is 309 g/mol. The molecule has 1 atom stereocenters. The molecule has 0 saturated carbocycles. The van der Waals surface area contributed by atoms with Crippen LogP contribution in [0.5, 0.6) is 0 Å². The predicted molar refractivity (Wildman–Crippen MR) is 92.9 cm³/mol. The number of imidazole rings is 1. The third kappa shape index (κ3) is 2.41. The fourth-order valence-corrected chi connectivity index (χ4v) is 4.31. The quantitative estimate of drug-likeness (QED) is 0.705. The third-order valence-corrected chi connectivity index (χ3v) is 5.44. The van der Waals surface area contributed by atoms with Crippen LogP contribution in [0.4, 0.5) is 0 Å². The van der Waals surface area contributed by atoms with E-state index in [0.717, 1.165) is 16.9 Å². The van der Waals surface area contributed by atoms with E-state index in [0.29, 0.717) is 5.92 Å². The van der Waals surface area contributed by atoms with Crippen molar-refractivity contribution in [2.24, 2.45) is 0 Å². The van der Waals surface area contributed by atoms with Crippen LogP contribution in [0.2, 0.25) is 0 Å². The third-order valence-electron chi connectivity index (χ3n) is 4.23. The van der Waals surface area contributed by atoms with E-state index in [-0.39, 0.29) is 0 Å². The molecule has 3 aromatic rings. The van der Waals surface area contributed by atoms with Gasteiger partial charge in [-0.1, -0.05) is 12.1 Å². The summed E-state index contributed by atoms with van der Waals surface area (Å²) in [6.45, 7) is 2.13. The van der Waals surface area contributed by atoms with E-state index < -0.39 is 0 Å². The van der Waals surface area contributed by atoms with Crippen molar-refractivity contribution in [3.05, 3.63) is 54.0 Å². The van der Waals surface area contributed by atoms with Gasteiger partial charge in [-0.15, -0.1) is 0 Å². The van der Waals surface area contributed by atoms with E-state index in [1.54, 1.807) is 0 Å². The van der Waals surface area contributed by atoms with E-state index in [2.05, 4.69) is 46.8 Å². The highest BCUT2D eigenvalue weighted by molar-refractivity contribution is 7.99. The number of rotatable bonds is 2. The number of aromatic nitrogens is 3. The van der Waals surface area contributed by atoms with Gasteiger partial charge in [0.1, 0.15) is 11.3 Å². The topological polar surface area (TPSA) is 30.7 Å². The van der Waals surface area contributed by atoms with Gasteiger partial charge < -0.3 is 0 Å². The number of hydrogen-bond acceptors (Lipinski definition) is 3. The van der Waals surface area contributed by atoms with Crippen molar-refractivity contribution >= 4 is 22.9 Å². The average Bonchev–Trinajstić information content (AvgIpc) is 2.95. The maximum atomic E-state index is 4.93. The first-order valence-electron chi connectivity index (χ1n) is 7.81. The minimum Gasteiger partial charge on any atom is -0.280 e. The molecule has 0 bridgehead atoms. The summed E-state index contributed by atoms with van der Waals surface area (Å²) in [6.07, 6.45) is 4.36. The van der Waals surface area contributed by atoms with Crippen LogP contribution in [0.15, 0.2) is 42.6 Å². The Balaban J connectivity index is 1.93. The van der Waals surface area contributed by atoms with Gasteiger partial charge in [-0.3, -0.25) is 4.57 Å². The SMILES string of the molecule is Cc1cccc(-n2c(C3CCCSC3)nc3cccnc32)c1. The zero-order valence-electron chi connectivity index (χ0n) is 12.7. The number of pyridine rings is 1. The lowest BCUT2D eigenvalue weighted by molar-refractivity contribution is 0.617. The Morgan fingerprint density at radius 2 is 2.18 bits per heavy atom. The van der Waals surface area contributed by atoms with E-state index in [1.807, 2.05) is 24.0 Å². The first-order chi connectivity index (χ1) is 10.8. The van der Waals surface area contributed by atoms with Gasteiger partial charge in [0.25, 0.3) is 0 Å². The second-order valence-corrected chi connectivity index (χ2v) is 7.05. The van der Waals surface area contributed by atoms with Crippen LogP contribution in [-0.4, -0.2) is 26.0 Å². The minimum atomic E-state index is 0.522. The molecular weight excluding hydrogens is 290 g/mol. The Hall–Kier alpha value is -1.81. The van der Waals surface area contributed by atoms with Crippen molar-refractivity contribution in [2.45, 2.75) is 25.7 Å². The number of thioether (sulfide) groups is 1. The van der Waals surface area contributed by atoms with Crippen molar-refractivity contribution < 1.29 is 0 Å². The van der Waals surface area contributed by atoms with Crippen LogP contribution in [0.25, 0.3) is 16.9 Å². The summed E-state index contributed by atoms with van der Waals surface area (Å²) in [5, 5.41) is 0. The normalized spacial score (nSPS) is 18.7. The molecule has 1 fully saturated rings. The summed E-state index contributed by atoms with van der Waals surface area (Å²) in [5.41, 5.74) is 4.40. The van der Waals surface area contributed by atoms with E-state index in [4.69, 9.17) is 4.98 Å². The molecule has 1 aliphatic rings. The molecule has 3 nitrogen and oxygen atoms in total. The smallest absolute Gasteiger partial charge is 0.164 e. The van der Waals surface area contributed by atoms with Crippen molar-refractivity contribution in [1.29, 1.82) is 0 Å². The number of aryl methyl sites for hydroxylation is 1. The molecular formula is C18H19N3S. The Labute approximate surface area is 134 Å². The molecule has 2 aromatic heterocycles. The zero-order valence-corrected chi connectivity index (χ0v) is 13.5. The highest BCUT2D eigenvalue weighted by Crippen LogP contribution is 2.33. The van der Waals surface area contributed by atoms with Crippen molar-refractivity contribution in [3.8, 4) is 5.69 Å². The summed E-state index contributed by atoms with van der Waals surface area (Å²) in [4.78, 5) is 9.53. The lowest BCUT2D eigenvalue weighted by Crippen LogP contribution is -2.14. The van der Waals surface area contributed by atoms with Crippen LogP contribution in [0.3, 0.4) is 0 Å². The molecule has 1 aliphatic heterocycles. The van der Waals surface area contributed by atoms with Gasteiger partial charge in [0, 0.05) is 23.6 Å². The van der Waals surface area contributed by atoms with Gasteiger partial charge in [-0.25, -0.2) is 9.97 Å². The van der Waals surface area contributed by atoms with Crippen molar-refractivity contribution in [2.75, 3.05) is 11.5 Å². The van der Waals surface area contributed by atoms with Gasteiger partial charge >= 0.3 is 0 Å². The van der Waals surface area contributed by atoms with Gasteiger partial charge in [-0.2, -0.15) is 11.8 Å². The largest absolute Gasteiger partial charge is 0.280 e. The summed E-state index contributed by atoms with van der Waals surface area (Å²) < 4.78 is 2.26. The molecule has 0 spiro atoms. The summed E-state index contributed by atoms with van der Waals surface area (Å²) in [7, 11) is 0. The maximum absolute atomic E-state index is 4.93. The Kier molecular flexibility index (Phi) is 3.62. The van der Waals surface area contributed by atoms with Crippen molar-refractivity contribution in [1.82, 2.24) is 14.5 Å². The Bertz CT molecular complexity index is 803. The van der Waals surface area contributed by atoms with Crippen LogP contribution < -0.4 is 0 Å². The zero-order chi connectivity index (χ0) is 14.9. The standard InChI is InChI=1S/C18H19N3S/c1-13-5-2-7-15(11-13)21-17(14-6-4-10-22-12-14)20-16-8-3-9-19-18(16)21/h2-3,5,7-9,11,14H,4,6,10,12H2,1H3. The first kappa shape index (κ1) is 13.8. The summed E-state index contributed by atoms with van der Waals surface area (Å²) in [6, 6.07) is 12.6. The van der Waals surface area contributed by atoms with Crippen LogP contribution >= 0.6 is 11.8 Å². The second kappa shape index (κ2) is 5.76. The molecule has 112 valence electrons. The minimum absolute atomic E-state index is 0.522. The summed E-state index contributed by atoms with van der Waals surface area (Å²) >= 11 is 2.04. The van der Waals surface area contributed by atoms with E-state index in [9.17, 15) is 0 Å². The molecule has 1 unspecified atom stereocenters. The fraction of sp³-hybridized carbons (Fsp3) is 0.333. The predicted octanol–water partition coefficient (Wildman–Crippen LogP) is 4.34. The maximum Gasteiger partial charge on any atom is 0.164 e. The van der Waals surface area contributed by atoms with Gasteiger partial charge in [0.2, 0.25) is 0 Å². The molecule has 0 N–H and O–H groups in total. The van der Waals surface area contributed by atoms with Gasteiger partial charge in [0.05, 0.1) is 0 Å². The molecule has 0 aliphatic carbocycles. The molecule has 0 radical (unpaired) electrons. The van der Waals surface area contributed by atoms with E-state index >= 15 is 0 Å². The van der Waals surface area contributed by atoms with Crippen molar-refractivity contribution in [3.63, 3.8) is 0 Å². The van der Waals surface area contributed by atoms with E-state index in [1.165, 1.54) is 35.7 Å².